The predicted octanol–water partition coefficient (Wildman–Crippen LogP) is 4.54. The third kappa shape index (κ3) is 3.46. The third-order valence-corrected chi connectivity index (χ3v) is 4.29. The quantitative estimate of drug-likeness (QED) is 0.846. The highest BCUT2D eigenvalue weighted by Crippen LogP contribution is 2.26. The lowest BCUT2D eigenvalue weighted by molar-refractivity contribution is 0.280. The maximum Gasteiger partial charge on any atom is 0.146 e. The molecular formula is C15H21ClFN. The highest BCUT2D eigenvalue weighted by Gasteiger charge is 2.19. The van der Waals surface area contributed by atoms with Crippen molar-refractivity contribution in [2.45, 2.75) is 51.6 Å². The van der Waals surface area contributed by atoms with Crippen LogP contribution in [-0.4, -0.2) is 6.04 Å². The lowest BCUT2D eigenvalue weighted by Crippen LogP contribution is -2.34. The third-order valence-electron chi connectivity index (χ3n) is 4.00. The van der Waals surface area contributed by atoms with E-state index in [-0.39, 0.29) is 10.8 Å². The van der Waals surface area contributed by atoms with Gasteiger partial charge in [0.05, 0.1) is 5.02 Å². The number of hydrogen-bond donors (Lipinski definition) is 1. The first-order valence-corrected chi connectivity index (χ1v) is 7.22. The van der Waals surface area contributed by atoms with E-state index in [2.05, 4.69) is 12.2 Å². The van der Waals surface area contributed by atoms with Crippen molar-refractivity contribution in [3.05, 3.63) is 34.6 Å². The Morgan fingerprint density at radius 3 is 2.78 bits per heavy atom. The van der Waals surface area contributed by atoms with Crippen LogP contribution in [-0.2, 0) is 6.54 Å². The summed E-state index contributed by atoms with van der Waals surface area (Å²) in [6, 6.07) is 5.63. The van der Waals surface area contributed by atoms with Gasteiger partial charge in [0.25, 0.3) is 0 Å². The summed E-state index contributed by atoms with van der Waals surface area (Å²) < 4.78 is 13.7. The maximum atomic E-state index is 13.7. The van der Waals surface area contributed by atoms with Crippen LogP contribution >= 0.6 is 11.6 Å². The average Bonchev–Trinajstić information content (AvgIpc) is 2.41. The Morgan fingerprint density at radius 2 is 2.06 bits per heavy atom. The molecule has 1 unspecified atom stereocenters. The Labute approximate surface area is 114 Å². The number of hydrogen-bond acceptors (Lipinski definition) is 1. The van der Waals surface area contributed by atoms with Crippen molar-refractivity contribution in [1.82, 2.24) is 5.32 Å². The topological polar surface area (TPSA) is 12.0 Å². The minimum atomic E-state index is -0.289. The molecule has 18 heavy (non-hydrogen) atoms. The normalized spacial score (nSPS) is 18.8. The van der Waals surface area contributed by atoms with E-state index >= 15 is 0 Å². The maximum absolute atomic E-state index is 13.7. The fourth-order valence-electron chi connectivity index (χ4n) is 2.76. The van der Waals surface area contributed by atoms with E-state index in [1.807, 2.05) is 0 Å². The van der Waals surface area contributed by atoms with E-state index in [9.17, 15) is 4.39 Å². The second kappa shape index (κ2) is 6.53. The van der Waals surface area contributed by atoms with Crippen LogP contribution in [0.2, 0.25) is 5.02 Å². The van der Waals surface area contributed by atoms with Gasteiger partial charge in [-0.2, -0.15) is 0 Å². The zero-order valence-electron chi connectivity index (χ0n) is 10.9. The molecule has 2 rings (SSSR count). The number of rotatable bonds is 4. The summed E-state index contributed by atoms with van der Waals surface area (Å²) in [7, 11) is 0. The first-order valence-electron chi connectivity index (χ1n) is 6.84. The molecule has 3 heteroatoms. The van der Waals surface area contributed by atoms with Crippen LogP contribution < -0.4 is 5.32 Å². The second-order valence-electron chi connectivity index (χ2n) is 5.28. The largest absolute Gasteiger partial charge is 0.310 e. The van der Waals surface area contributed by atoms with E-state index in [1.54, 1.807) is 18.2 Å². The SMILES string of the molecule is CC(NCc1cccc(Cl)c1F)C1CCCCC1. The van der Waals surface area contributed by atoms with Crippen LogP contribution in [0, 0.1) is 11.7 Å². The highest BCUT2D eigenvalue weighted by atomic mass is 35.5. The van der Waals surface area contributed by atoms with Gasteiger partial charge in [-0.1, -0.05) is 43.0 Å². The lowest BCUT2D eigenvalue weighted by Gasteiger charge is -2.28. The predicted molar refractivity (Wildman–Crippen MR) is 74.3 cm³/mol. The molecular weight excluding hydrogens is 249 g/mol. The summed E-state index contributed by atoms with van der Waals surface area (Å²) >= 11 is 5.78. The van der Waals surface area contributed by atoms with Crippen molar-refractivity contribution >= 4 is 11.6 Å². The van der Waals surface area contributed by atoms with E-state index in [4.69, 9.17) is 11.6 Å². The zero-order chi connectivity index (χ0) is 13.0. The van der Waals surface area contributed by atoms with Crippen molar-refractivity contribution in [2.75, 3.05) is 0 Å². The van der Waals surface area contributed by atoms with Gasteiger partial charge in [0.1, 0.15) is 5.82 Å². The Bertz CT molecular complexity index is 388. The number of nitrogens with one attached hydrogen (secondary N) is 1. The van der Waals surface area contributed by atoms with Crippen LogP contribution in [0.1, 0.15) is 44.6 Å². The molecule has 1 atom stereocenters. The average molecular weight is 270 g/mol. The fourth-order valence-corrected chi connectivity index (χ4v) is 2.95. The summed E-state index contributed by atoms with van der Waals surface area (Å²) in [4.78, 5) is 0. The smallest absolute Gasteiger partial charge is 0.146 e. The zero-order valence-corrected chi connectivity index (χ0v) is 11.6. The van der Waals surface area contributed by atoms with Crippen molar-refractivity contribution in [1.29, 1.82) is 0 Å². The molecule has 0 saturated heterocycles. The highest BCUT2D eigenvalue weighted by molar-refractivity contribution is 6.30. The van der Waals surface area contributed by atoms with Gasteiger partial charge in [-0.05, 0) is 31.7 Å². The molecule has 0 aromatic heterocycles. The summed E-state index contributed by atoms with van der Waals surface area (Å²) in [5.41, 5.74) is 0.658. The van der Waals surface area contributed by atoms with Gasteiger partial charge in [0.2, 0.25) is 0 Å². The number of benzene rings is 1. The van der Waals surface area contributed by atoms with Crippen molar-refractivity contribution in [3.8, 4) is 0 Å². The minimum absolute atomic E-state index is 0.208. The molecule has 0 bridgehead atoms. The Balaban J connectivity index is 1.88. The van der Waals surface area contributed by atoms with Crippen LogP contribution in [0.4, 0.5) is 4.39 Å². The molecule has 1 saturated carbocycles. The van der Waals surface area contributed by atoms with Gasteiger partial charge >= 0.3 is 0 Å². The summed E-state index contributed by atoms with van der Waals surface area (Å²) in [5.74, 6) is 0.448. The Morgan fingerprint density at radius 1 is 1.33 bits per heavy atom. The van der Waals surface area contributed by atoms with Crippen molar-refractivity contribution < 1.29 is 4.39 Å². The standard InChI is InChI=1S/C15H21ClFN/c1-11(12-6-3-2-4-7-12)18-10-13-8-5-9-14(16)15(13)17/h5,8-9,11-12,18H,2-4,6-7,10H2,1H3. The summed E-state index contributed by atoms with van der Waals surface area (Å²) in [6.07, 6.45) is 6.63. The van der Waals surface area contributed by atoms with Gasteiger partial charge in [0, 0.05) is 18.2 Å². The molecule has 1 nitrogen and oxygen atoms in total. The van der Waals surface area contributed by atoms with Gasteiger partial charge in [-0.3, -0.25) is 0 Å². The first-order chi connectivity index (χ1) is 8.68. The molecule has 1 aliphatic carbocycles. The van der Waals surface area contributed by atoms with Crippen molar-refractivity contribution in [2.24, 2.45) is 5.92 Å². The second-order valence-corrected chi connectivity index (χ2v) is 5.69. The molecule has 1 aliphatic rings. The molecule has 0 heterocycles. The summed E-state index contributed by atoms with van der Waals surface area (Å²) in [5, 5.41) is 3.65. The molecule has 1 N–H and O–H groups in total. The molecule has 0 spiro atoms. The number of halogens is 2. The molecule has 0 amide bonds. The van der Waals surface area contributed by atoms with E-state index < -0.39 is 0 Å². The molecule has 1 fully saturated rings. The fraction of sp³-hybridized carbons (Fsp3) is 0.600. The molecule has 0 radical (unpaired) electrons. The Kier molecular flexibility index (Phi) is 5.02. The molecule has 1 aromatic carbocycles. The van der Waals surface area contributed by atoms with Gasteiger partial charge < -0.3 is 5.32 Å². The van der Waals surface area contributed by atoms with Crippen molar-refractivity contribution in [3.63, 3.8) is 0 Å². The van der Waals surface area contributed by atoms with E-state index in [0.29, 0.717) is 18.2 Å². The first kappa shape index (κ1) is 13.8. The van der Waals surface area contributed by atoms with E-state index in [0.717, 1.165) is 5.92 Å². The van der Waals surface area contributed by atoms with Gasteiger partial charge in [-0.25, -0.2) is 4.39 Å². The van der Waals surface area contributed by atoms with Gasteiger partial charge in [0.15, 0.2) is 0 Å². The van der Waals surface area contributed by atoms with Crippen LogP contribution in [0.15, 0.2) is 18.2 Å². The monoisotopic (exact) mass is 269 g/mol. The van der Waals surface area contributed by atoms with Crippen LogP contribution in [0.25, 0.3) is 0 Å². The van der Waals surface area contributed by atoms with Crippen LogP contribution in [0.5, 0.6) is 0 Å². The van der Waals surface area contributed by atoms with Gasteiger partial charge in [-0.15, -0.1) is 0 Å². The molecule has 0 aliphatic heterocycles. The lowest BCUT2D eigenvalue weighted by atomic mass is 9.84. The van der Waals surface area contributed by atoms with Crippen LogP contribution in [0.3, 0.4) is 0 Å². The van der Waals surface area contributed by atoms with E-state index in [1.165, 1.54) is 32.1 Å². The molecule has 1 aromatic rings. The molecule has 100 valence electrons. The minimum Gasteiger partial charge on any atom is -0.310 e. The summed E-state index contributed by atoms with van der Waals surface area (Å²) in [6.45, 7) is 2.77. The Hall–Kier alpha value is -0.600.